The van der Waals surface area contributed by atoms with Gasteiger partial charge in [-0.3, -0.25) is 0 Å². The van der Waals surface area contributed by atoms with Gasteiger partial charge in [-0.25, -0.2) is 0 Å². The molecule has 0 rings (SSSR count). The maximum atomic E-state index is 9.01. The van der Waals surface area contributed by atoms with Crippen LogP contribution in [0, 0.1) is 0 Å². The van der Waals surface area contributed by atoms with Crippen molar-refractivity contribution in [2.75, 3.05) is 0 Å². The van der Waals surface area contributed by atoms with E-state index in [9.17, 15) is 0 Å². The van der Waals surface area contributed by atoms with Crippen molar-refractivity contribution in [3.63, 3.8) is 0 Å². The molecule has 8 heavy (non-hydrogen) atoms. The summed E-state index contributed by atoms with van der Waals surface area (Å²) in [6.45, 7) is 4.36. The van der Waals surface area contributed by atoms with E-state index in [2.05, 4.69) is 26.1 Å². The largest absolute Gasteiger partial charge is 0.579 e. The number of hydrogen-bond donors (Lipinski definition) is 2. The summed E-state index contributed by atoms with van der Waals surface area (Å²) in [6, 6.07) is 0. The molecule has 1 atom stereocenters. The second-order valence-electron chi connectivity index (χ2n) is 1.25. The molecule has 0 aromatic rings. The van der Waals surface area contributed by atoms with Crippen LogP contribution in [0.2, 0.25) is 0 Å². The van der Waals surface area contributed by atoms with Crippen LogP contribution in [0.3, 0.4) is 0 Å². The Morgan fingerprint density at radius 1 is 1.50 bits per heavy atom. The van der Waals surface area contributed by atoms with Crippen LogP contribution < -0.4 is 0 Å². The third-order valence-corrected chi connectivity index (χ3v) is 0.500. The standard InChI is InChI=1S/C4H10.HO2PS/c1-3-4-2;1-3(2)4/h3-4H2,1-2H3;(H-,1,2,4)/p+1. The first-order chi connectivity index (χ1) is 3.65. The van der Waals surface area contributed by atoms with Crippen molar-refractivity contribution in [1.82, 2.24) is 0 Å². The van der Waals surface area contributed by atoms with E-state index in [4.69, 9.17) is 9.46 Å². The van der Waals surface area contributed by atoms with Crippen molar-refractivity contribution in [3.8, 4) is 0 Å². The molecule has 0 saturated carbocycles. The molecule has 0 heterocycles. The van der Waals surface area contributed by atoms with Gasteiger partial charge in [0.25, 0.3) is 0 Å². The fourth-order valence-corrected chi connectivity index (χ4v) is 0. The van der Waals surface area contributed by atoms with Crippen LogP contribution in [-0.4, -0.2) is 4.89 Å². The van der Waals surface area contributed by atoms with E-state index in [1.807, 2.05) is 0 Å². The summed E-state index contributed by atoms with van der Waals surface area (Å²) in [5.74, 6) is 0. The fraction of sp³-hybridized carbons (Fsp3) is 1.00. The Kier molecular flexibility index (Phi) is 14.6. The monoisotopic (exact) mass is 155 g/mol. The van der Waals surface area contributed by atoms with Crippen molar-refractivity contribution in [2.24, 2.45) is 0 Å². The lowest BCUT2D eigenvalue weighted by Gasteiger charge is -1.68. The Balaban J connectivity index is 0. The lowest BCUT2D eigenvalue weighted by molar-refractivity contribution is 0.520. The molecule has 0 aliphatic carbocycles. The average Bonchev–Trinajstić information content (AvgIpc) is 1.65. The van der Waals surface area contributed by atoms with Crippen molar-refractivity contribution in [3.05, 3.63) is 0 Å². The zero-order valence-corrected chi connectivity index (χ0v) is 6.95. The van der Waals surface area contributed by atoms with Crippen molar-refractivity contribution >= 4 is 19.5 Å². The maximum absolute atomic E-state index is 9.01. The zero-order valence-electron chi connectivity index (χ0n) is 5.16. The summed E-state index contributed by atoms with van der Waals surface area (Å²) in [6.07, 6.45) is 2.64. The van der Waals surface area contributed by atoms with Gasteiger partial charge in [-0.15, -0.1) is 0 Å². The quantitative estimate of drug-likeness (QED) is 0.450. The van der Waals surface area contributed by atoms with Gasteiger partial charge in [-0.05, 0) is 4.57 Å². The van der Waals surface area contributed by atoms with Crippen LogP contribution in [0.25, 0.3) is 0 Å². The van der Waals surface area contributed by atoms with Gasteiger partial charge in [0.05, 0.1) is 0 Å². The van der Waals surface area contributed by atoms with Gasteiger partial charge in [0.1, 0.15) is 12.2 Å². The van der Waals surface area contributed by atoms with Crippen molar-refractivity contribution in [1.29, 1.82) is 0 Å². The van der Waals surface area contributed by atoms with Crippen LogP contribution >= 0.6 is 19.5 Å². The predicted molar refractivity (Wildman–Crippen MR) is 39.4 cm³/mol. The summed E-state index contributed by atoms with van der Waals surface area (Å²) in [7, 11) is -2.18. The van der Waals surface area contributed by atoms with E-state index < -0.39 is 7.23 Å². The molecule has 1 unspecified atom stereocenters. The summed E-state index contributed by atoms with van der Waals surface area (Å²) < 4.78 is 9.01. The van der Waals surface area contributed by atoms with E-state index in [1.165, 1.54) is 12.8 Å². The van der Waals surface area contributed by atoms with Gasteiger partial charge in [-0.1, -0.05) is 26.7 Å². The first kappa shape index (κ1) is 11.2. The van der Waals surface area contributed by atoms with Crippen LogP contribution in [0.4, 0.5) is 0 Å². The first-order valence-electron chi connectivity index (χ1n) is 2.50. The average molecular weight is 155 g/mol. The van der Waals surface area contributed by atoms with Gasteiger partial charge >= 0.3 is 7.23 Å². The van der Waals surface area contributed by atoms with Crippen molar-refractivity contribution < 1.29 is 9.46 Å². The molecule has 0 aromatic carbocycles. The Morgan fingerprint density at radius 3 is 1.62 bits per heavy atom. The first-order valence-corrected chi connectivity index (χ1v) is 4.86. The normalized spacial score (nSPS) is 9.25. The fourth-order valence-electron chi connectivity index (χ4n) is 0. The Hall–Kier alpha value is 0.410. The van der Waals surface area contributed by atoms with E-state index in [-0.39, 0.29) is 0 Å². The summed E-state index contributed by atoms with van der Waals surface area (Å²) in [5.41, 5.74) is 0. The molecule has 0 amide bonds. The lowest BCUT2D eigenvalue weighted by Crippen LogP contribution is -1.47. The predicted octanol–water partition coefficient (Wildman–Crippen LogP) is 2.37. The summed E-state index contributed by atoms with van der Waals surface area (Å²) >= 11 is 3.03. The highest BCUT2D eigenvalue weighted by molar-refractivity contribution is 8.38. The molecule has 0 spiro atoms. The maximum Gasteiger partial charge on any atom is 0.579 e. The number of rotatable bonds is 1. The molecule has 0 aromatic heterocycles. The SMILES string of the molecule is CCCC.O=[P+](O)S. The zero-order chi connectivity index (χ0) is 6.99. The third-order valence-electron chi connectivity index (χ3n) is 0.500. The van der Waals surface area contributed by atoms with Crippen LogP contribution in [0.15, 0.2) is 0 Å². The number of unbranched alkanes of at least 4 members (excludes halogenated alkanes) is 1. The topological polar surface area (TPSA) is 37.3 Å². The van der Waals surface area contributed by atoms with Gasteiger partial charge in [0, 0.05) is 0 Å². The smallest absolute Gasteiger partial charge is 0.151 e. The molecule has 4 heteroatoms. The summed E-state index contributed by atoms with van der Waals surface area (Å²) in [5, 5.41) is 0. The third kappa shape index (κ3) is 94.4. The van der Waals surface area contributed by atoms with Gasteiger partial charge in [0.15, 0.2) is 0 Å². The van der Waals surface area contributed by atoms with Crippen LogP contribution in [0.5, 0.6) is 0 Å². The highest BCUT2D eigenvalue weighted by atomic mass is 32.7. The minimum atomic E-state index is -2.18. The number of hydrogen-bond acceptors (Lipinski definition) is 1. The second kappa shape index (κ2) is 10.4. The molecule has 0 aliphatic heterocycles. The molecule has 1 N–H and O–H groups in total. The van der Waals surface area contributed by atoms with Crippen molar-refractivity contribution in [2.45, 2.75) is 26.7 Å². The molecule has 0 bridgehead atoms. The highest BCUT2D eigenvalue weighted by Crippen LogP contribution is 2.16. The lowest BCUT2D eigenvalue weighted by atomic mass is 10.4. The Bertz CT molecular complexity index is 52.0. The van der Waals surface area contributed by atoms with Crippen LogP contribution in [-0.2, 0) is 4.57 Å². The van der Waals surface area contributed by atoms with E-state index in [1.54, 1.807) is 0 Å². The molecule has 0 saturated heterocycles. The Morgan fingerprint density at radius 2 is 1.62 bits per heavy atom. The molecule has 50 valence electrons. The van der Waals surface area contributed by atoms with Gasteiger partial charge in [-0.2, -0.15) is 4.89 Å². The number of thiol groups is 1. The van der Waals surface area contributed by atoms with Gasteiger partial charge in [0.2, 0.25) is 0 Å². The second-order valence-corrected chi connectivity index (χ2v) is 2.78. The molecular formula is C4H12O2PS+. The molecular weight excluding hydrogens is 143 g/mol. The van der Waals surface area contributed by atoms with Gasteiger partial charge < -0.3 is 0 Å². The highest BCUT2D eigenvalue weighted by Gasteiger charge is 1.90. The van der Waals surface area contributed by atoms with Crippen LogP contribution in [0.1, 0.15) is 26.7 Å². The molecule has 0 fully saturated rings. The minimum Gasteiger partial charge on any atom is -0.151 e. The molecule has 0 radical (unpaired) electrons. The molecule has 0 aliphatic rings. The minimum absolute atomic E-state index is 1.32. The summed E-state index contributed by atoms with van der Waals surface area (Å²) in [4.78, 5) is 7.43. The molecule has 2 nitrogen and oxygen atoms in total. The van der Waals surface area contributed by atoms with E-state index in [0.717, 1.165) is 0 Å². The Labute approximate surface area is 56.3 Å². The van der Waals surface area contributed by atoms with E-state index in [0.29, 0.717) is 0 Å². The van der Waals surface area contributed by atoms with E-state index >= 15 is 0 Å².